The number of fused-ring (bicyclic) bond motifs is 1. The molecule has 1 unspecified atom stereocenters. The number of hydrogen-bond donors (Lipinski definition) is 0. The summed E-state index contributed by atoms with van der Waals surface area (Å²) in [6, 6.07) is 8.27. The van der Waals surface area contributed by atoms with Crippen LogP contribution in [0.5, 0.6) is 0 Å². The highest BCUT2D eigenvalue weighted by atomic mass is 79.9. The van der Waals surface area contributed by atoms with Gasteiger partial charge in [-0.25, -0.2) is 0 Å². The first-order valence-corrected chi connectivity index (χ1v) is 7.32. The number of alkyl halides is 1. The van der Waals surface area contributed by atoms with Gasteiger partial charge in [-0.1, -0.05) is 47.1 Å². The standard InChI is InChI=1S/C14H18BrNO/c1-2-8-16(9-7-15)14(17)13-10-11-5-3-4-6-12(11)13/h3-6,13H,2,7-10H2,1H3. The summed E-state index contributed by atoms with van der Waals surface area (Å²) >= 11 is 3.42. The lowest BCUT2D eigenvalue weighted by atomic mass is 9.77. The number of hydrogen-bond acceptors (Lipinski definition) is 1. The van der Waals surface area contributed by atoms with Gasteiger partial charge in [0, 0.05) is 18.4 Å². The molecule has 1 amide bonds. The topological polar surface area (TPSA) is 20.3 Å². The van der Waals surface area contributed by atoms with Gasteiger partial charge in [-0.15, -0.1) is 0 Å². The van der Waals surface area contributed by atoms with Crippen molar-refractivity contribution in [2.75, 3.05) is 18.4 Å². The second-order valence-electron chi connectivity index (χ2n) is 4.47. The monoisotopic (exact) mass is 295 g/mol. The quantitative estimate of drug-likeness (QED) is 0.765. The molecule has 2 nitrogen and oxygen atoms in total. The number of amides is 1. The Morgan fingerprint density at radius 2 is 2.18 bits per heavy atom. The minimum atomic E-state index is 0.108. The van der Waals surface area contributed by atoms with Crippen molar-refractivity contribution >= 4 is 21.8 Å². The second kappa shape index (κ2) is 5.67. The Hall–Kier alpha value is -0.830. The lowest BCUT2D eigenvalue weighted by molar-refractivity contribution is -0.133. The van der Waals surface area contributed by atoms with Crippen molar-refractivity contribution in [1.82, 2.24) is 4.90 Å². The summed E-state index contributed by atoms with van der Waals surface area (Å²) in [4.78, 5) is 14.4. The van der Waals surface area contributed by atoms with Crippen LogP contribution in [-0.4, -0.2) is 29.2 Å². The van der Waals surface area contributed by atoms with Gasteiger partial charge in [-0.05, 0) is 24.0 Å². The minimum Gasteiger partial charge on any atom is -0.341 e. The Balaban J connectivity index is 2.06. The average molecular weight is 296 g/mol. The second-order valence-corrected chi connectivity index (χ2v) is 5.26. The molecule has 0 saturated carbocycles. The van der Waals surface area contributed by atoms with E-state index in [1.54, 1.807) is 0 Å². The summed E-state index contributed by atoms with van der Waals surface area (Å²) in [7, 11) is 0. The van der Waals surface area contributed by atoms with E-state index in [0.717, 1.165) is 31.3 Å². The van der Waals surface area contributed by atoms with Crippen LogP contribution >= 0.6 is 15.9 Å². The maximum absolute atomic E-state index is 12.4. The van der Waals surface area contributed by atoms with Crippen molar-refractivity contribution in [3.05, 3.63) is 35.4 Å². The molecule has 17 heavy (non-hydrogen) atoms. The number of carbonyl (C=O) groups excluding carboxylic acids is 1. The minimum absolute atomic E-state index is 0.108. The van der Waals surface area contributed by atoms with Gasteiger partial charge in [-0.2, -0.15) is 0 Å². The fourth-order valence-electron chi connectivity index (χ4n) is 2.40. The van der Waals surface area contributed by atoms with Gasteiger partial charge in [-0.3, -0.25) is 4.79 Å². The molecule has 0 N–H and O–H groups in total. The molecule has 0 fully saturated rings. The average Bonchev–Trinajstić information content (AvgIpc) is 2.30. The summed E-state index contributed by atoms with van der Waals surface area (Å²) < 4.78 is 0. The van der Waals surface area contributed by atoms with Gasteiger partial charge >= 0.3 is 0 Å². The van der Waals surface area contributed by atoms with Crippen molar-refractivity contribution in [3.63, 3.8) is 0 Å². The normalized spacial score (nSPS) is 17.2. The third-order valence-electron chi connectivity index (χ3n) is 3.31. The van der Waals surface area contributed by atoms with E-state index in [0.29, 0.717) is 5.91 Å². The van der Waals surface area contributed by atoms with Crippen molar-refractivity contribution in [2.45, 2.75) is 25.7 Å². The zero-order valence-electron chi connectivity index (χ0n) is 10.2. The van der Waals surface area contributed by atoms with Gasteiger partial charge in [0.05, 0.1) is 5.92 Å². The zero-order chi connectivity index (χ0) is 12.3. The number of nitrogens with zero attached hydrogens (tertiary/aromatic N) is 1. The van der Waals surface area contributed by atoms with Crippen LogP contribution in [0.25, 0.3) is 0 Å². The molecule has 3 heteroatoms. The van der Waals surface area contributed by atoms with Crippen molar-refractivity contribution in [1.29, 1.82) is 0 Å². The van der Waals surface area contributed by atoms with Crippen LogP contribution < -0.4 is 0 Å². The van der Waals surface area contributed by atoms with Gasteiger partial charge in [0.2, 0.25) is 5.91 Å². The van der Waals surface area contributed by atoms with Crippen LogP contribution in [0.3, 0.4) is 0 Å². The molecule has 0 aromatic heterocycles. The summed E-state index contributed by atoms with van der Waals surface area (Å²) in [6.07, 6.45) is 1.94. The van der Waals surface area contributed by atoms with E-state index in [2.05, 4.69) is 35.0 Å². The predicted molar refractivity (Wildman–Crippen MR) is 73.6 cm³/mol. The molecule has 1 aliphatic rings. The Labute approximate surface area is 111 Å². The fraction of sp³-hybridized carbons (Fsp3) is 0.500. The molecule has 1 atom stereocenters. The highest BCUT2D eigenvalue weighted by molar-refractivity contribution is 9.09. The summed E-state index contributed by atoms with van der Waals surface area (Å²) in [5.41, 5.74) is 2.56. The highest BCUT2D eigenvalue weighted by Gasteiger charge is 2.34. The molecule has 1 aliphatic carbocycles. The van der Waals surface area contributed by atoms with E-state index in [4.69, 9.17) is 0 Å². The first kappa shape index (κ1) is 12.6. The number of carbonyl (C=O) groups is 1. The molecule has 0 bridgehead atoms. The molecule has 0 aliphatic heterocycles. The van der Waals surface area contributed by atoms with E-state index in [1.165, 1.54) is 11.1 Å². The number of halogens is 1. The Bertz CT molecular complexity index is 399. The summed E-state index contributed by atoms with van der Waals surface area (Å²) in [5, 5.41) is 0.854. The molecule has 0 saturated heterocycles. The van der Waals surface area contributed by atoms with Gasteiger partial charge < -0.3 is 4.90 Å². The molecule has 0 spiro atoms. The Morgan fingerprint density at radius 3 is 2.82 bits per heavy atom. The smallest absolute Gasteiger partial charge is 0.230 e. The van der Waals surface area contributed by atoms with Crippen molar-refractivity contribution < 1.29 is 4.79 Å². The lowest BCUT2D eigenvalue weighted by Gasteiger charge is -2.33. The summed E-state index contributed by atoms with van der Waals surface area (Å²) in [5.74, 6) is 0.404. The number of rotatable bonds is 5. The van der Waals surface area contributed by atoms with E-state index in [9.17, 15) is 4.79 Å². The zero-order valence-corrected chi connectivity index (χ0v) is 11.7. The summed E-state index contributed by atoms with van der Waals surface area (Å²) in [6.45, 7) is 3.79. The molecular weight excluding hydrogens is 278 g/mol. The maximum Gasteiger partial charge on any atom is 0.230 e. The third kappa shape index (κ3) is 2.54. The molecule has 0 heterocycles. The van der Waals surface area contributed by atoms with Crippen molar-refractivity contribution in [2.24, 2.45) is 0 Å². The Morgan fingerprint density at radius 1 is 1.41 bits per heavy atom. The molecule has 0 radical (unpaired) electrons. The lowest BCUT2D eigenvalue weighted by Crippen LogP contribution is -2.40. The first-order chi connectivity index (χ1) is 8.27. The number of benzene rings is 1. The third-order valence-corrected chi connectivity index (χ3v) is 3.67. The van der Waals surface area contributed by atoms with Gasteiger partial charge in [0.1, 0.15) is 0 Å². The van der Waals surface area contributed by atoms with Crippen molar-refractivity contribution in [3.8, 4) is 0 Å². The van der Waals surface area contributed by atoms with Crippen LogP contribution in [0.2, 0.25) is 0 Å². The fourth-order valence-corrected chi connectivity index (χ4v) is 2.83. The van der Waals surface area contributed by atoms with E-state index in [1.807, 2.05) is 17.0 Å². The molecule has 1 aromatic rings. The maximum atomic E-state index is 12.4. The largest absolute Gasteiger partial charge is 0.341 e. The highest BCUT2D eigenvalue weighted by Crippen LogP contribution is 2.36. The molecule has 92 valence electrons. The predicted octanol–water partition coefficient (Wildman–Crippen LogP) is 2.96. The van der Waals surface area contributed by atoms with E-state index < -0.39 is 0 Å². The van der Waals surface area contributed by atoms with Crippen LogP contribution in [0, 0.1) is 0 Å². The first-order valence-electron chi connectivity index (χ1n) is 6.20. The molecule has 2 rings (SSSR count). The van der Waals surface area contributed by atoms with Crippen LogP contribution in [0.4, 0.5) is 0 Å². The van der Waals surface area contributed by atoms with E-state index >= 15 is 0 Å². The van der Waals surface area contributed by atoms with Crippen LogP contribution in [0.15, 0.2) is 24.3 Å². The van der Waals surface area contributed by atoms with Crippen LogP contribution in [0.1, 0.15) is 30.4 Å². The SMILES string of the molecule is CCCN(CCBr)C(=O)C1Cc2ccccc21. The molecule has 1 aromatic carbocycles. The van der Waals surface area contributed by atoms with Gasteiger partial charge in [0.25, 0.3) is 0 Å². The van der Waals surface area contributed by atoms with Crippen LogP contribution in [-0.2, 0) is 11.2 Å². The van der Waals surface area contributed by atoms with E-state index in [-0.39, 0.29) is 5.92 Å². The Kier molecular flexibility index (Phi) is 4.21. The van der Waals surface area contributed by atoms with Gasteiger partial charge in [0.15, 0.2) is 0 Å². The molecular formula is C14H18BrNO.